The second-order valence-electron chi connectivity index (χ2n) is 5.07. The summed E-state index contributed by atoms with van der Waals surface area (Å²) in [5.74, 6) is 0.713. The van der Waals surface area contributed by atoms with Crippen LogP contribution >= 0.6 is 22.6 Å². The van der Waals surface area contributed by atoms with Crippen LogP contribution in [0.1, 0.15) is 15.9 Å². The van der Waals surface area contributed by atoms with Crippen molar-refractivity contribution in [3.05, 3.63) is 55.1 Å². The zero-order valence-electron chi connectivity index (χ0n) is 14.7. The number of methoxy groups -OCH3 is 3. The molecule has 10 heteroatoms. The van der Waals surface area contributed by atoms with E-state index in [1.807, 2.05) is 22.6 Å². The summed E-state index contributed by atoms with van der Waals surface area (Å²) in [6.07, 6.45) is 1.17. The number of benzene rings is 2. The molecule has 1 amide bonds. The van der Waals surface area contributed by atoms with E-state index in [2.05, 4.69) is 10.5 Å². The highest BCUT2D eigenvalue weighted by Gasteiger charge is 2.18. The van der Waals surface area contributed by atoms with E-state index in [0.29, 0.717) is 17.1 Å². The van der Waals surface area contributed by atoms with Crippen molar-refractivity contribution in [2.75, 3.05) is 21.3 Å². The minimum Gasteiger partial charge on any atom is -0.496 e. The molecule has 0 aliphatic heterocycles. The fraction of sp³-hybridized carbons (Fsp3) is 0.176. The van der Waals surface area contributed by atoms with Gasteiger partial charge in [0.05, 0.1) is 47.7 Å². The van der Waals surface area contributed by atoms with E-state index in [0.717, 1.165) is 3.57 Å². The van der Waals surface area contributed by atoms with Crippen LogP contribution in [-0.2, 0) is 0 Å². The maximum atomic E-state index is 12.2. The summed E-state index contributed by atoms with van der Waals surface area (Å²) >= 11 is 2.05. The molecule has 142 valence electrons. The molecule has 1 N–H and O–H groups in total. The van der Waals surface area contributed by atoms with Gasteiger partial charge in [0.25, 0.3) is 11.6 Å². The van der Waals surface area contributed by atoms with Crippen molar-refractivity contribution in [3.8, 4) is 17.2 Å². The third-order valence-corrected chi connectivity index (χ3v) is 4.36. The number of nitrogens with zero attached hydrogens (tertiary/aromatic N) is 2. The number of nitrogens with one attached hydrogen (secondary N) is 1. The fourth-order valence-corrected chi connectivity index (χ4v) is 2.91. The number of carbonyl (C=O) groups excluding carboxylic acids is 1. The van der Waals surface area contributed by atoms with Gasteiger partial charge in [-0.2, -0.15) is 5.10 Å². The van der Waals surface area contributed by atoms with Gasteiger partial charge in [-0.05, 0) is 46.9 Å². The molecule has 0 unspecified atom stereocenters. The second-order valence-corrected chi connectivity index (χ2v) is 6.23. The van der Waals surface area contributed by atoms with E-state index in [-0.39, 0.29) is 17.0 Å². The lowest BCUT2D eigenvalue weighted by atomic mass is 10.1. The molecule has 0 atom stereocenters. The first-order chi connectivity index (χ1) is 12.9. The van der Waals surface area contributed by atoms with Gasteiger partial charge < -0.3 is 14.2 Å². The monoisotopic (exact) mass is 485 g/mol. The molecule has 9 nitrogen and oxygen atoms in total. The largest absolute Gasteiger partial charge is 0.496 e. The van der Waals surface area contributed by atoms with Crippen LogP contribution in [0.4, 0.5) is 5.69 Å². The molecular formula is C17H16IN3O6. The van der Waals surface area contributed by atoms with Gasteiger partial charge in [0.1, 0.15) is 5.75 Å². The Morgan fingerprint density at radius 1 is 1.11 bits per heavy atom. The molecule has 2 aromatic carbocycles. The van der Waals surface area contributed by atoms with Crippen molar-refractivity contribution in [2.24, 2.45) is 5.10 Å². The lowest BCUT2D eigenvalue weighted by molar-refractivity contribution is -0.385. The minimum absolute atomic E-state index is 0.155. The normalized spacial score (nSPS) is 10.5. The third-order valence-electron chi connectivity index (χ3n) is 3.51. The van der Waals surface area contributed by atoms with Gasteiger partial charge in [0, 0.05) is 5.56 Å². The zero-order valence-corrected chi connectivity index (χ0v) is 16.8. The van der Waals surface area contributed by atoms with Crippen molar-refractivity contribution >= 4 is 40.4 Å². The summed E-state index contributed by atoms with van der Waals surface area (Å²) in [4.78, 5) is 22.9. The molecule has 0 aliphatic rings. The van der Waals surface area contributed by atoms with Crippen molar-refractivity contribution in [1.82, 2.24) is 5.43 Å². The number of hydrazone groups is 1. The van der Waals surface area contributed by atoms with Crippen molar-refractivity contribution in [1.29, 1.82) is 0 Å². The topological polar surface area (TPSA) is 112 Å². The highest BCUT2D eigenvalue weighted by molar-refractivity contribution is 14.1. The van der Waals surface area contributed by atoms with E-state index < -0.39 is 10.8 Å². The number of hydrogen-bond donors (Lipinski definition) is 1. The van der Waals surface area contributed by atoms with Gasteiger partial charge in [-0.25, -0.2) is 5.43 Å². The van der Waals surface area contributed by atoms with E-state index >= 15 is 0 Å². The van der Waals surface area contributed by atoms with Crippen LogP contribution in [0.15, 0.2) is 35.4 Å². The first kappa shape index (κ1) is 20.4. The average molecular weight is 485 g/mol. The first-order valence-corrected chi connectivity index (χ1v) is 8.56. The molecule has 0 radical (unpaired) electrons. The molecule has 0 saturated heterocycles. The Bertz CT molecular complexity index is 900. The number of nitro benzene ring substituents is 1. The third kappa shape index (κ3) is 4.84. The highest BCUT2D eigenvalue weighted by atomic mass is 127. The fourth-order valence-electron chi connectivity index (χ4n) is 2.18. The number of halogens is 1. The van der Waals surface area contributed by atoms with E-state index in [4.69, 9.17) is 14.2 Å². The summed E-state index contributed by atoms with van der Waals surface area (Å²) in [6, 6.07) is 7.53. The molecule has 27 heavy (non-hydrogen) atoms. The number of carbonyl (C=O) groups is 1. The van der Waals surface area contributed by atoms with Gasteiger partial charge in [-0.15, -0.1) is 0 Å². The molecule has 0 fully saturated rings. The predicted molar refractivity (Wildman–Crippen MR) is 107 cm³/mol. The number of amides is 1. The van der Waals surface area contributed by atoms with Gasteiger partial charge >= 0.3 is 0 Å². The molecule has 0 bridgehead atoms. The Labute approximate surface area is 168 Å². The highest BCUT2D eigenvalue weighted by Crippen LogP contribution is 2.33. The van der Waals surface area contributed by atoms with E-state index in [1.54, 1.807) is 18.2 Å². The lowest BCUT2D eigenvalue weighted by Gasteiger charge is -2.08. The molecule has 0 heterocycles. The number of rotatable bonds is 7. The van der Waals surface area contributed by atoms with Crippen molar-refractivity contribution in [2.45, 2.75) is 0 Å². The van der Waals surface area contributed by atoms with Gasteiger partial charge in [0.15, 0.2) is 11.5 Å². The van der Waals surface area contributed by atoms with Gasteiger partial charge in [-0.1, -0.05) is 0 Å². The number of hydrogen-bond acceptors (Lipinski definition) is 7. The molecule has 0 saturated carbocycles. The summed E-state index contributed by atoms with van der Waals surface area (Å²) in [5.41, 5.74) is 2.63. The summed E-state index contributed by atoms with van der Waals surface area (Å²) in [5, 5.41) is 15.1. The number of ether oxygens (including phenoxy) is 3. The van der Waals surface area contributed by atoms with Crippen LogP contribution in [0.25, 0.3) is 0 Å². The molecular weight excluding hydrogens is 469 g/mol. The Hall–Kier alpha value is -2.89. The quantitative estimate of drug-likeness (QED) is 0.279. The van der Waals surface area contributed by atoms with Gasteiger partial charge in [0.2, 0.25) is 0 Å². The maximum absolute atomic E-state index is 12.2. The Kier molecular flexibility index (Phi) is 6.93. The molecule has 0 spiro atoms. The average Bonchev–Trinajstić information content (AvgIpc) is 2.66. The maximum Gasteiger partial charge on any atom is 0.282 e. The van der Waals surface area contributed by atoms with Crippen molar-refractivity contribution < 1.29 is 23.9 Å². The predicted octanol–water partition coefficient (Wildman–Crippen LogP) is 2.99. The van der Waals surface area contributed by atoms with E-state index in [1.165, 1.54) is 39.7 Å². The second kappa shape index (κ2) is 9.16. The van der Waals surface area contributed by atoms with Crippen LogP contribution in [-0.4, -0.2) is 38.4 Å². The zero-order chi connectivity index (χ0) is 20.0. The Balaban J connectivity index is 2.23. The molecule has 0 aliphatic carbocycles. The standard InChI is InChI=1S/C17H16IN3O6/c1-25-14-5-4-10(6-12(14)18)17(22)20-19-9-11-7-15(26-2)16(27-3)8-13(11)21(23)24/h4-9H,1-3H3,(H,20,22)/b19-9+. The number of nitro groups is 1. The SMILES string of the molecule is COc1ccc(C(=O)N/N=C/c2cc(OC)c(OC)cc2[N+](=O)[O-])cc1I. The van der Waals surface area contributed by atoms with Crippen LogP contribution < -0.4 is 19.6 Å². The first-order valence-electron chi connectivity index (χ1n) is 7.48. The van der Waals surface area contributed by atoms with Crippen LogP contribution in [0, 0.1) is 13.7 Å². The summed E-state index contributed by atoms with van der Waals surface area (Å²) < 4.78 is 16.1. The van der Waals surface area contributed by atoms with Gasteiger partial charge in [-0.3, -0.25) is 14.9 Å². The van der Waals surface area contributed by atoms with Crippen LogP contribution in [0.5, 0.6) is 17.2 Å². The molecule has 0 aromatic heterocycles. The lowest BCUT2D eigenvalue weighted by Crippen LogP contribution is -2.17. The van der Waals surface area contributed by atoms with Crippen molar-refractivity contribution in [3.63, 3.8) is 0 Å². The van der Waals surface area contributed by atoms with Crippen LogP contribution in [0.2, 0.25) is 0 Å². The molecule has 2 rings (SSSR count). The minimum atomic E-state index is -0.572. The summed E-state index contributed by atoms with van der Waals surface area (Å²) in [7, 11) is 4.33. The Morgan fingerprint density at radius 2 is 1.74 bits per heavy atom. The van der Waals surface area contributed by atoms with E-state index in [9.17, 15) is 14.9 Å². The summed E-state index contributed by atoms with van der Waals surface area (Å²) in [6.45, 7) is 0. The van der Waals surface area contributed by atoms with Crippen LogP contribution in [0.3, 0.4) is 0 Å². The Morgan fingerprint density at radius 3 is 2.30 bits per heavy atom. The molecule has 2 aromatic rings. The smallest absolute Gasteiger partial charge is 0.282 e.